The van der Waals surface area contributed by atoms with Crippen LogP contribution in [0.15, 0.2) is 6.07 Å². The third-order valence-corrected chi connectivity index (χ3v) is 3.36. The molecule has 0 saturated carbocycles. The van der Waals surface area contributed by atoms with Gasteiger partial charge in [0.15, 0.2) is 5.82 Å². The van der Waals surface area contributed by atoms with Crippen LogP contribution >= 0.6 is 0 Å². The van der Waals surface area contributed by atoms with Crippen LogP contribution in [0.5, 0.6) is 0 Å². The van der Waals surface area contributed by atoms with Crippen molar-refractivity contribution in [2.75, 3.05) is 6.54 Å². The summed E-state index contributed by atoms with van der Waals surface area (Å²) in [7, 11) is 0. The van der Waals surface area contributed by atoms with Crippen LogP contribution < -0.4 is 5.73 Å². The molecular weight excluding hydrogens is 238 g/mol. The van der Waals surface area contributed by atoms with Gasteiger partial charge in [-0.15, -0.1) is 0 Å². The summed E-state index contributed by atoms with van der Waals surface area (Å²) < 4.78 is 1.89. The van der Waals surface area contributed by atoms with Crippen molar-refractivity contribution in [1.29, 1.82) is 0 Å². The van der Waals surface area contributed by atoms with Gasteiger partial charge in [0.05, 0.1) is 5.69 Å². The highest BCUT2D eigenvalue weighted by atomic mass is 15.3. The summed E-state index contributed by atoms with van der Waals surface area (Å²) in [6, 6.07) is 1.95. The van der Waals surface area contributed by atoms with E-state index in [1.807, 2.05) is 31.5 Å². The highest BCUT2D eigenvalue weighted by molar-refractivity contribution is 5.35. The third kappa shape index (κ3) is 2.51. The van der Waals surface area contributed by atoms with E-state index in [-0.39, 0.29) is 0 Å². The van der Waals surface area contributed by atoms with Crippen LogP contribution in [-0.4, -0.2) is 26.3 Å². The lowest BCUT2D eigenvalue weighted by atomic mass is 9.99. The number of rotatable bonds is 3. The molecule has 5 nitrogen and oxygen atoms in total. The molecule has 0 saturated heterocycles. The topological polar surface area (TPSA) is 69.6 Å². The fourth-order valence-electron chi connectivity index (χ4n) is 2.51. The van der Waals surface area contributed by atoms with E-state index < -0.39 is 0 Å². The standard InChI is InChI=1S/C14H21N5/c1-8(7-15)14-10(3)18-19(11(14)4)13-6-9(2)16-12(5)17-13/h6,8H,7,15H2,1-5H3. The lowest BCUT2D eigenvalue weighted by Crippen LogP contribution is -2.11. The Labute approximate surface area is 113 Å². The van der Waals surface area contributed by atoms with Gasteiger partial charge in [0.2, 0.25) is 0 Å². The molecule has 0 aliphatic rings. The van der Waals surface area contributed by atoms with E-state index in [4.69, 9.17) is 5.73 Å². The molecule has 0 bridgehead atoms. The van der Waals surface area contributed by atoms with Crippen molar-refractivity contribution < 1.29 is 0 Å². The first kappa shape index (κ1) is 13.7. The van der Waals surface area contributed by atoms with Crippen molar-refractivity contribution in [1.82, 2.24) is 19.7 Å². The van der Waals surface area contributed by atoms with Crippen molar-refractivity contribution in [3.05, 3.63) is 34.5 Å². The summed E-state index contributed by atoms with van der Waals surface area (Å²) in [6.45, 7) is 10.7. The van der Waals surface area contributed by atoms with Gasteiger partial charge < -0.3 is 5.73 Å². The first-order valence-corrected chi connectivity index (χ1v) is 6.53. The van der Waals surface area contributed by atoms with Crippen molar-refractivity contribution in [2.24, 2.45) is 5.73 Å². The lowest BCUT2D eigenvalue weighted by molar-refractivity contribution is 0.755. The minimum atomic E-state index is 0.304. The number of hydrogen-bond donors (Lipinski definition) is 1. The zero-order chi connectivity index (χ0) is 14.2. The summed E-state index contributed by atoms with van der Waals surface area (Å²) in [6.07, 6.45) is 0. The van der Waals surface area contributed by atoms with Gasteiger partial charge in [0.25, 0.3) is 0 Å². The van der Waals surface area contributed by atoms with E-state index in [2.05, 4.69) is 28.9 Å². The molecule has 1 unspecified atom stereocenters. The Hall–Kier alpha value is -1.75. The van der Waals surface area contributed by atoms with E-state index in [0.717, 1.165) is 28.7 Å². The molecule has 102 valence electrons. The Morgan fingerprint density at radius 1 is 1.21 bits per heavy atom. The fraction of sp³-hybridized carbons (Fsp3) is 0.500. The number of nitrogens with zero attached hydrogens (tertiary/aromatic N) is 4. The first-order chi connectivity index (χ1) is 8.93. The molecule has 0 fully saturated rings. The zero-order valence-electron chi connectivity index (χ0n) is 12.2. The Morgan fingerprint density at radius 3 is 2.47 bits per heavy atom. The average molecular weight is 259 g/mol. The van der Waals surface area contributed by atoms with Crippen LogP contribution in [0.4, 0.5) is 0 Å². The minimum Gasteiger partial charge on any atom is -0.330 e. The van der Waals surface area contributed by atoms with Crippen molar-refractivity contribution in [3.63, 3.8) is 0 Å². The van der Waals surface area contributed by atoms with Gasteiger partial charge in [-0.3, -0.25) is 0 Å². The molecule has 2 heterocycles. The minimum absolute atomic E-state index is 0.304. The van der Waals surface area contributed by atoms with Gasteiger partial charge in [-0.05, 0) is 40.2 Å². The molecule has 0 aliphatic carbocycles. The average Bonchev–Trinajstić information content (AvgIpc) is 2.63. The molecule has 0 spiro atoms. The number of aryl methyl sites for hydroxylation is 3. The van der Waals surface area contributed by atoms with Crippen LogP contribution in [0.25, 0.3) is 5.82 Å². The summed E-state index contributed by atoms with van der Waals surface area (Å²) in [5.74, 6) is 1.88. The maximum absolute atomic E-state index is 5.78. The van der Waals surface area contributed by atoms with Gasteiger partial charge in [-0.1, -0.05) is 6.92 Å². The van der Waals surface area contributed by atoms with E-state index >= 15 is 0 Å². The van der Waals surface area contributed by atoms with Crippen LogP contribution in [0.3, 0.4) is 0 Å². The smallest absolute Gasteiger partial charge is 0.157 e. The zero-order valence-corrected chi connectivity index (χ0v) is 12.2. The summed E-state index contributed by atoms with van der Waals surface area (Å²) in [4.78, 5) is 8.76. The van der Waals surface area contributed by atoms with Crippen molar-refractivity contribution >= 4 is 0 Å². The second-order valence-electron chi connectivity index (χ2n) is 5.05. The van der Waals surface area contributed by atoms with E-state index in [1.54, 1.807) is 0 Å². The first-order valence-electron chi connectivity index (χ1n) is 6.53. The van der Waals surface area contributed by atoms with E-state index in [0.29, 0.717) is 12.5 Å². The van der Waals surface area contributed by atoms with E-state index in [9.17, 15) is 0 Å². The van der Waals surface area contributed by atoms with Crippen LogP contribution in [0, 0.1) is 27.7 Å². The quantitative estimate of drug-likeness (QED) is 0.914. The van der Waals surface area contributed by atoms with Crippen molar-refractivity contribution in [2.45, 2.75) is 40.5 Å². The number of hydrogen-bond acceptors (Lipinski definition) is 4. The molecule has 0 radical (unpaired) electrons. The maximum Gasteiger partial charge on any atom is 0.157 e. The van der Waals surface area contributed by atoms with Gasteiger partial charge in [0.1, 0.15) is 5.82 Å². The molecule has 1 atom stereocenters. The molecule has 0 amide bonds. The van der Waals surface area contributed by atoms with Gasteiger partial charge in [0, 0.05) is 23.0 Å². The molecule has 2 N–H and O–H groups in total. The van der Waals surface area contributed by atoms with Gasteiger partial charge in [-0.25, -0.2) is 14.6 Å². The number of aromatic nitrogens is 4. The van der Waals surface area contributed by atoms with Crippen molar-refractivity contribution in [3.8, 4) is 5.82 Å². The Bertz CT molecular complexity index is 580. The summed E-state index contributed by atoms with van der Waals surface area (Å²) in [5, 5.41) is 4.60. The van der Waals surface area contributed by atoms with Crippen LogP contribution in [0.2, 0.25) is 0 Å². The molecule has 19 heavy (non-hydrogen) atoms. The molecule has 2 aromatic heterocycles. The molecular formula is C14H21N5. The molecule has 2 rings (SSSR count). The fourth-order valence-corrected chi connectivity index (χ4v) is 2.51. The lowest BCUT2D eigenvalue weighted by Gasteiger charge is -2.10. The predicted molar refractivity (Wildman–Crippen MR) is 75.6 cm³/mol. The maximum atomic E-state index is 5.78. The second-order valence-corrected chi connectivity index (χ2v) is 5.05. The van der Waals surface area contributed by atoms with Gasteiger partial charge >= 0.3 is 0 Å². The molecule has 0 aromatic carbocycles. The third-order valence-electron chi connectivity index (χ3n) is 3.36. The second kappa shape index (κ2) is 5.09. The Kier molecular flexibility index (Phi) is 3.66. The largest absolute Gasteiger partial charge is 0.330 e. The Balaban J connectivity index is 2.57. The molecule has 5 heteroatoms. The molecule has 2 aromatic rings. The molecule has 0 aliphatic heterocycles. The number of nitrogens with two attached hydrogens (primary N) is 1. The highest BCUT2D eigenvalue weighted by Crippen LogP contribution is 2.24. The van der Waals surface area contributed by atoms with Crippen LogP contribution in [0.1, 0.15) is 41.3 Å². The van der Waals surface area contributed by atoms with Gasteiger partial charge in [-0.2, -0.15) is 5.10 Å². The normalized spacial score (nSPS) is 12.7. The predicted octanol–water partition coefficient (Wildman–Crippen LogP) is 1.96. The highest BCUT2D eigenvalue weighted by Gasteiger charge is 2.18. The summed E-state index contributed by atoms with van der Waals surface area (Å²) >= 11 is 0. The van der Waals surface area contributed by atoms with Crippen LogP contribution in [-0.2, 0) is 0 Å². The van der Waals surface area contributed by atoms with E-state index in [1.165, 1.54) is 5.56 Å². The summed E-state index contributed by atoms with van der Waals surface area (Å²) in [5.41, 5.74) is 10.1. The Morgan fingerprint density at radius 2 is 1.89 bits per heavy atom. The monoisotopic (exact) mass is 259 g/mol. The SMILES string of the molecule is Cc1cc(-n2nc(C)c(C(C)CN)c2C)nc(C)n1.